The molecular weight excluding hydrogens is 262 g/mol. The summed E-state index contributed by atoms with van der Waals surface area (Å²) in [5.74, 6) is 1.82. The first-order valence-electron chi connectivity index (χ1n) is 7.17. The van der Waals surface area contributed by atoms with Crippen molar-refractivity contribution in [3.8, 4) is 5.75 Å². The van der Waals surface area contributed by atoms with Gasteiger partial charge in [0.25, 0.3) is 0 Å². The van der Waals surface area contributed by atoms with E-state index in [9.17, 15) is 0 Å². The Morgan fingerprint density at radius 2 is 1.86 bits per heavy atom. The average Bonchev–Trinajstić information content (AvgIpc) is 3.06. The topological polar surface area (TPSA) is 34.4 Å². The third-order valence-electron chi connectivity index (χ3n) is 3.68. The predicted molar refractivity (Wildman–Crippen MR) is 84.7 cm³/mol. The molecule has 2 aromatic carbocycles. The monoisotopic (exact) mass is 281 g/mol. The molecule has 3 rings (SSSR count). The zero-order valence-corrected chi connectivity index (χ0v) is 12.3. The van der Waals surface area contributed by atoms with E-state index < -0.39 is 0 Å². The summed E-state index contributed by atoms with van der Waals surface area (Å²) < 4.78 is 11.1. The maximum absolute atomic E-state index is 5.61. The molecule has 3 heteroatoms. The van der Waals surface area contributed by atoms with Crippen LogP contribution in [0, 0.1) is 0 Å². The van der Waals surface area contributed by atoms with E-state index in [4.69, 9.17) is 9.15 Å². The van der Waals surface area contributed by atoms with Gasteiger partial charge in [0.2, 0.25) is 0 Å². The van der Waals surface area contributed by atoms with Crippen LogP contribution >= 0.6 is 0 Å². The van der Waals surface area contributed by atoms with E-state index in [1.165, 1.54) is 10.9 Å². The van der Waals surface area contributed by atoms with Gasteiger partial charge < -0.3 is 14.5 Å². The normalized spacial score (nSPS) is 12.5. The molecule has 108 valence electrons. The number of fused-ring (bicyclic) bond motifs is 1. The summed E-state index contributed by atoms with van der Waals surface area (Å²) in [7, 11) is 1.70. The van der Waals surface area contributed by atoms with Gasteiger partial charge in [-0.15, -0.1) is 0 Å². The molecule has 0 amide bonds. The predicted octanol–water partition coefficient (Wildman–Crippen LogP) is 4.14. The number of benzene rings is 2. The first-order valence-corrected chi connectivity index (χ1v) is 7.17. The van der Waals surface area contributed by atoms with Crippen LogP contribution in [0.3, 0.4) is 0 Å². The van der Waals surface area contributed by atoms with Gasteiger partial charge in [0, 0.05) is 5.39 Å². The number of rotatable bonds is 5. The molecule has 1 N–H and O–H groups in total. The Hall–Kier alpha value is -2.26. The molecule has 0 aliphatic heterocycles. The van der Waals surface area contributed by atoms with E-state index in [2.05, 4.69) is 36.5 Å². The van der Waals surface area contributed by atoms with Crippen LogP contribution in [-0.2, 0) is 0 Å². The van der Waals surface area contributed by atoms with Gasteiger partial charge in [-0.05, 0) is 35.7 Å². The van der Waals surface area contributed by atoms with Crippen LogP contribution < -0.4 is 10.1 Å². The van der Waals surface area contributed by atoms with Crippen molar-refractivity contribution in [2.75, 3.05) is 13.7 Å². The molecule has 0 saturated heterocycles. The summed E-state index contributed by atoms with van der Waals surface area (Å²) in [5.41, 5.74) is 1.20. The lowest BCUT2D eigenvalue weighted by Gasteiger charge is -2.19. The zero-order valence-electron chi connectivity index (χ0n) is 12.3. The van der Waals surface area contributed by atoms with E-state index in [-0.39, 0.29) is 6.04 Å². The number of furan rings is 1. The molecule has 0 aliphatic rings. The summed E-state index contributed by atoms with van der Waals surface area (Å²) in [4.78, 5) is 0. The van der Waals surface area contributed by atoms with Gasteiger partial charge in [-0.25, -0.2) is 0 Å². The molecule has 0 spiro atoms. The highest BCUT2D eigenvalue weighted by Gasteiger charge is 2.19. The number of hydrogen-bond acceptors (Lipinski definition) is 3. The molecular formula is C18H19NO2. The van der Waals surface area contributed by atoms with Crippen molar-refractivity contribution in [1.29, 1.82) is 0 Å². The quantitative estimate of drug-likeness (QED) is 0.763. The van der Waals surface area contributed by atoms with E-state index in [1.807, 2.05) is 24.3 Å². The van der Waals surface area contributed by atoms with Crippen LogP contribution in [0.4, 0.5) is 0 Å². The van der Waals surface area contributed by atoms with Crippen LogP contribution in [0.5, 0.6) is 5.75 Å². The molecule has 3 aromatic rings. The Morgan fingerprint density at radius 1 is 1.05 bits per heavy atom. The third kappa shape index (κ3) is 2.52. The smallest absolute Gasteiger partial charge is 0.126 e. The first kappa shape index (κ1) is 13.7. The molecule has 1 unspecified atom stereocenters. The molecule has 21 heavy (non-hydrogen) atoms. The van der Waals surface area contributed by atoms with Crippen LogP contribution in [0.1, 0.15) is 24.3 Å². The molecule has 1 heterocycles. The fraction of sp³-hybridized carbons (Fsp3) is 0.222. The Labute approximate surface area is 124 Å². The zero-order chi connectivity index (χ0) is 14.7. The van der Waals surface area contributed by atoms with Crippen molar-refractivity contribution in [3.05, 3.63) is 66.1 Å². The molecule has 1 atom stereocenters. The van der Waals surface area contributed by atoms with Gasteiger partial charge in [0.1, 0.15) is 11.5 Å². The van der Waals surface area contributed by atoms with Gasteiger partial charge >= 0.3 is 0 Å². The maximum Gasteiger partial charge on any atom is 0.126 e. The van der Waals surface area contributed by atoms with Crippen molar-refractivity contribution < 1.29 is 9.15 Å². The first-order chi connectivity index (χ1) is 10.3. The molecule has 3 nitrogen and oxygen atoms in total. The lowest BCUT2D eigenvalue weighted by Crippen LogP contribution is -2.21. The SMILES string of the molecule is CCNC(c1ccco1)c1ccc(OC)c2ccccc12. The molecule has 1 aromatic heterocycles. The average molecular weight is 281 g/mol. The number of ether oxygens (including phenoxy) is 1. The summed E-state index contributed by atoms with van der Waals surface area (Å²) >= 11 is 0. The summed E-state index contributed by atoms with van der Waals surface area (Å²) in [6, 6.07) is 16.4. The summed E-state index contributed by atoms with van der Waals surface area (Å²) in [5, 5.41) is 5.79. The van der Waals surface area contributed by atoms with E-state index >= 15 is 0 Å². The Kier molecular flexibility index (Phi) is 3.93. The second-order valence-corrected chi connectivity index (χ2v) is 4.91. The van der Waals surface area contributed by atoms with Crippen molar-refractivity contribution in [2.45, 2.75) is 13.0 Å². The minimum atomic E-state index is 0.0424. The summed E-state index contributed by atoms with van der Waals surface area (Å²) in [6.45, 7) is 2.97. The second kappa shape index (κ2) is 6.02. The lowest BCUT2D eigenvalue weighted by molar-refractivity contribution is 0.419. The van der Waals surface area contributed by atoms with Gasteiger partial charge in [0.05, 0.1) is 19.4 Å². The van der Waals surface area contributed by atoms with E-state index in [1.54, 1.807) is 13.4 Å². The van der Waals surface area contributed by atoms with Gasteiger partial charge in [-0.2, -0.15) is 0 Å². The van der Waals surface area contributed by atoms with Gasteiger partial charge in [-0.3, -0.25) is 0 Å². The van der Waals surface area contributed by atoms with Crippen molar-refractivity contribution >= 4 is 10.8 Å². The number of hydrogen-bond donors (Lipinski definition) is 1. The maximum atomic E-state index is 5.61. The van der Waals surface area contributed by atoms with Crippen LogP contribution in [-0.4, -0.2) is 13.7 Å². The molecule has 0 fully saturated rings. The van der Waals surface area contributed by atoms with Crippen molar-refractivity contribution in [1.82, 2.24) is 5.32 Å². The highest BCUT2D eigenvalue weighted by Crippen LogP contribution is 2.34. The third-order valence-corrected chi connectivity index (χ3v) is 3.68. The van der Waals surface area contributed by atoms with Crippen molar-refractivity contribution in [2.24, 2.45) is 0 Å². The summed E-state index contributed by atoms with van der Waals surface area (Å²) in [6.07, 6.45) is 1.71. The van der Waals surface area contributed by atoms with Gasteiger partial charge in [-0.1, -0.05) is 37.3 Å². The minimum Gasteiger partial charge on any atom is -0.496 e. The number of nitrogens with one attached hydrogen (secondary N) is 1. The van der Waals surface area contributed by atoms with Crippen molar-refractivity contribution in [3.63, 3.8) is 0 Å². The fourth-order valence-electron chi connectivity index (χ4n) is 2.75. The molecule has 0 aliphatic carbocycles. The van der Waals surface area contributed by atoms with Crippen LogP contribution in [0.15, 0.2) is 59.2 Å². The second-order valence-electron chi connectivity index (χ2n) is 4.91. The Bertz CT molecular complexity index is 719. The van der Waals surface area contributed by atoms with E-state index in [0.29, 0.717) is 0 Å². The lowest BCUT2D eigenvalue weighted by atomic mass is 9.96. The van der Waals surface area contributed by atoms with E-state index in [0.717, 1.165) is 23.4 Å². The molecule has 0 saturated carbocycles. The number of methoxy groups -OCH3 is 1. The highest BCUT2D eigenvalue weighted by molar-refractivity contribution is 5.91. The Morgan fingerprint density at radius 3 is 2.52 bits per heavy atom. The van der Waals surface area contributed by atoms with Gasteiger partial charge in [0.15, 0.2) is 0 Å². The molecule has 0 radical (unpaired) electrons. The van der Waals surface area contributed by atoms with Crippen LogP contribution in [0.2, 0.25) is 0 Å². The highest BCUT2D eigenvalue weighted by atomic mass is 16.5. The standard InChI is InChI=1S/C18H19NO2/c1-3-19-18(17-9-6-12-21-17)15-10-11-16(20-2)14-8-5-4-7-13(14)15/h4-12,18-19H,3H2,1-2H3. The minimum absolute atomic E-state index is 0.0424. The fourth-order valence-corrected chi connectivity index (χ4v) is 2.75. The largest absolute Gasteiger partial charge is 0.496 e. The molecule has 0 bridgehead atoms. The van der Waals surface area contributed by atoms with Crippen LogP contribution in [0.25, 0.3) is 10.8 Å². The Balaban J connectivity index is 2.18.